The molecular weight excluding hydrogens is 696 g/mol. The Balaban J connectivity index is 1.23. The first-order valence-electron chi connectivity index (χ1n) is 18.2. The lowest BCUT2D eigenvalue weighted by atomic mass is 9.90. The van der Waals surface area contributed by atoms with Gasteiger partial charge in [-0.05, 0) is 68.3 Å². The Hall–Kier alpha value is -4.43. The third-order valence-corrected chi connectivity index (χ3v) is 12.2. The number of hydrogen-bond acceptors (Lipinski definition) is 8. The van der Waals surface area contributed by atoms with E-state index < -0.39 is 51.9 Å². The maximum absolute atomic E-state index is 17.2. The molecule has 0 spiro atoms. The number of piperazine rings is 1. The first-order valence-corrected chi connectivity index (χ1v) is 18.2. The highest BCUT2D eigenvalue weighted by atomic mass is 19.4. The summed E-state index contributed by atoms with van der Waals surface area (Å²) in [4.78, 5) is 19.8. The van der Waals surface area contributed by atoms with E-state index in [1.54, 1.807) is 0 Å². The number of hydrogen-bond donors (Lipinski definition) is 1. The topological polar surface area (TPSA) is 83.6 Å². The molecule has 5 aliphatic rings. The van der Waals surface area contributed by atoms with Crippen molar-refractivity contribution in [3.8, 4) is 17.3 Å². The second-order valence-corrected chi connectivity index (χ2v) is 15.4. The number of aromatic nitrogens is 3. The highest BCUT2D eigenvalue weighted by Gasteiger charge is 2.51. The van der Waals surface area contributed by atoms with Crippen LogP contribution in [0, 0.1) is 18.6 Å². The van der Waals surface area contributed by atoms with Crippen LogP contribution in [0.5, 0.6) is 6.01 Å². The number of pyridine rings is 1. The average molecular weight is 736 g/mol. The van der Waals surface area contributed by atoms with Gasteiger partial charge in [-0.15, -0.1) is 0 Å². The minimum absolute atomic E-state index is 0.00256. The maximum atomic E-state index is 17.2. The third-order valence-electron chi connectivity index (χ3n) is 12.2. The van der Waals surface area contributed by atoms with Crippen molar-refractivity contribution in [3.05, 3.63) is 76.9 Å². The van der Waals surface area contributed by atoms with Crippen LogP contribution < -0.4 is 15.4 Å². The van der Waals surface area contributed by atoms with Crippen LogP contribution in [0.25, 0.3) is 27.7 Å². The minimum Gasteiger partial charge on any atom is -0.461 e. The SMILES string of the molecule is C=C1C[C@H]2[C@H]3CC[C@@H](CN2c2nc(OC[C@@]45CCCN4C[C@H](F)C5)nc4c(F)c(-c5nc(N)cc(C)c5C(F)(F)F)c(F)c1c24)N3Cc1ccccc1. The Morgan fingerprint density at radius 2 is 1.81 bits per heavy atom. The predicted octanol–water partition coefficient (Wildman–Crippen LogP) is 7.47. The van der Waals surface area contributed by atoms with Gasteiger partial charge in [0, 0.05) is 43.7 Å². The van der Waals surface area contributed by atoms with E-state index in [1.165, 1.54) is 6.92 Å². The normalized spacial score (nSPS) is 27.0. The zero-order valence-electron chi connectivity index (χ0n) is 29.2. The first kappa shape index (κ1) is 34.3. The number of nitrogens with zero attached hydrogens (tertiary/aromatic N) is 6. The molecule has 4 saturated heterocycles. The fraction of sp³-hybridized carbons (Fsp3) is 0.462. The number of rotatable bonds is 6. The van der Waals surface area contributed by atoms with Gasteiger partial charge >= 0.3 is 12.2 Å². The lowest BCUT2D eigenvalue weighted by Crippen LogP contribution is -2.59. The van der Waals surface area contributed by atoms with Gasteiger partial charge in [-0.1, -0.05) is 36.9 Å². The standard InChI is InChI=1S/C39H39F6N7O/c1-20-13-26-25-10-9-24(51(25)16-22-7-4-3-5-8-22)18-52(26)36-29-28(20)32(41)30(34-31(39(43,44)45)21(2)14-27(46)47-34)33(42)35(29)48-37(49-36)53-19-38-11-6-12-50(38)17-23(40)15-38/h3-5,7-8,14,23-26H,1,6,9-13,15-19H2,2H3,(H2,46,47)/t23-,24+,25-,26+,38+/m1/s1. The van der Waals surface area contributed by atoms with Crippen LogP contribution in [0.2, 0.25) is 0 Å². The molecule has 0 amide bonds. The van der Waals surface area contributed by atoms with E-state index in [-0.39, 0.29) is 71.7 Å². The number of fused-ring (bicyclic) bond motifs is 6. The smallest absolute Gasteiger partial charge is 0.418 e. The summed E-state index contributed by atoms with van der Waals surface area (Å²) in [5.41, 5.74) is 2.65. The molecule has 4 aromatic rings. The Morgan fingerprint density at radius 1 is 1.02 bits per heavy atom. The maximum Gasteiger partial charge on any atom is 0.418 e. The third kappa shape index (κ3) is 5.45. The quantitative estimate of drug-likeness (QED) is 0.204. The van der Waals surface area contributed by atoms with E-state index in [9.17, 15) is 17.6 Å². The summed E-state index contributed by atoms with van der Waals surface area (Å²) in [6, 6.07) is 10.8. The van der Waals surface area contributed by atoms with Crippen LogP contribution in [0.4, 0.5) is 38.0 Å². The molecule has 5 atom stereocenters. The molecule has 2 bridgehead atoms. The van der Waals surface area contributed by atoms with E-state index in [0.717, 1.165) is 37.4 Å². The fourth-order valence-electron chi connectivity index (χ4n) is 9.99. The Labute approximate surface area is 302 Å². The van der Waals surface area contributed by atoms with E-state index in [4.69, 9.17) is 15.5 Å². The highest BCUT2D eigenvalue weighted by Crippen LogP contribution is 2.51. The molecule has 0 saturated carbocycles. The van der Waals surface area contributed by atoms with Crippen molar-refractivity contribution in [2.24, 2.45) is 0 Å². The van der Waals surface area contributed by atoms with Gasteiger partial charge in [0.25, 0.3) is 0 Å². The van der Waals surface area contributed by atoms with Gasteiger partial charge in [-0.25, -0.2) is 18.2 Å². The molecule has 7 heterocycles. The molecule has 0 aliphatic carbocycles. The minimum atomic E-state index is -5.01. The number of aryl methyl sites for hydroxylation is 1. The number of alkyl halides is 4. The molecular formula is C39H39F6N7O. The summed E-state index contributed by atoms with van der Waals surface area (Å²) >= 11 is 0. The molecule has 9 rings (SSSR count). The van der Waals surface area contributed by atoms with E-state index in [2.05, 4.69) is 43.4 Å². The first-order chi connectivity index (χ1) is 25.3. The van der Waals surface area contributed by atoms with Crippen LogP contribution in [-0.4, -0.2) is 80.8 Å². The van der Waals surface area contributed by atoms with Gasteiger partial charge in [-0.2, -0.15) is 23.1 Å². The highest BCUT2D eigenvalue weighted by molar-refractivity contribution is 6.04. The van der Waals surface area contributed by atoms with Crippen LogP contribution in [0.1, 0.15) is 60.8 Å². The molecule has 0 radical (unpaired) electrons. The number of ether oxygens (including phenoxy) is 1. The number of benzene rings is 2. The van der Waals surface area contributed by atoms with Crippen LogP contribution in [0.15, 0.2) is 43.0 Å². The Morgan fingerprint density at radius 3 is 2.58 bits per heavy atom. The number of nitrogen functional groups attached to an aromatic ring is 1. The van der Waals surface area contributed by atoms with Crippen molar-refractivity contribution in [2.75, 3.05) is 36.9 Å². The largest absolute Gasteiger partial charge is 0.461 e. The summed E-state index contributed by atoms with van der Waals surface area (Å²) in [5, 5.41) is 0.0269. The van der Waals surface area contributed by atoms with E-state index in [0.29, 0.717) is 31.6 Å². The Kier molecular flexibility index (Phi) is 7.97. The fourth-order valence-corrected chi connectivity index (χ4v) is 9.99. The zero-order valence-corrected chi connectivity index (χ0v) is 29.2. The summed E-state index contributed by atoms with van der Waals surface area (Å²) in [7, 11) is 0. The molecule has 2 aromatic heterocycles. The lowest BCUT2D eigenvalue weighted by Gasteiger charge is -2.47. The second-order valence-electron chi connectivity index (χ2n) is 15.4. The number of anilines is 2. The molecule has 0 unspecified atom stereocenters. The number of halogens is 6. The summed E-state index contributed by atoms with van der Waals surface area (Å²) in [6.07, 6.45) is -2.16. The van der Waals surface area contributed by atoms with Crippen molar-refractivity contribution >= 4 is 28.1 Å². The molecule has 278 valence electrons. The van der Waals surface area contributed by atoms with E-state index >= 15 is 8.78 Å². The molecule has 2 N–H and O–H groups in total. The van der Waals surface area contributed by atoms with Crippen molar-refractivity contribution in [1.82, 2.24) is 24.8 Å². The van der Waals surface area contributed by atoms with Gasteiger partial charge in [0.15, 0.2) is 5.82 Å². The zero-order chi connectivity index (χ0) is 37.0. The van der Waals surface area contributed by atoms with Crippen molar-refractivity contribution in [2.45, 2.75) is 88.0 Å². The van der Waals surface area contributed by atoms with Crippen LogP contribution in [0.3, 0.4) is 0 Å². The van der Waals surface area contributed by atoms with Gasteiger partial charge in [0.1, 0.15) is 35.7 Å². The second kappa shape index (κ2) is 12.3. The van der Waals surface area contributed by atoms with E-state index in [1.807, 2.05) is 18.2 Å². The molecule has 14 heteroatoms. The van der Waals surface area contributed by atoms with Crippen LogP contribution >= 0.6 is 0 Å². The van der Waals surface area contributed by atoms with Crippen LogP contribution in [-0.2, 0) is 12.7 Å². The molecule has 8 nitrogen and oxygen atoms in total. The molecule has 5 aliphatic heterocycles. The molecule has 4 fully saturated rings. The number of nitrogens with two attached hydrogens (primary N) is 1. The van der Waals surface area contributed by atoms with Gasteiger partial charge in [0.2, 0.25) is 0 Å². The summed E-state index contributed by atoms with van der Waals surface area (Å²) < 4.78 is 99.0. The van der Waals surface area contributed by atoms with Gasteiger partial charge in [0.05, 0.1) is 33.8 Å². The summed E-state index contributed by atoms with van der Waals surface area (Å²) in [6.45, 7) is 7.69. The molecule has 2 aromatic carbocycles. The predicted molar refractivity (Wildman–Crippen MR) is 189 cm³/mol. The summed E-state index contributed by atoms with van der Waals surface area (Å²) in [5.74, 6) is -2.64. The van der Waals surface area contributed by atoms with Gasteiger partial charge in [-0.3, -0.25) is 9.80 Å². The van der Waals surface area contributed by atoms with Crippen molar-refractivity contribution in [3.63, 3.8) is 0 Å². The van der Waals surface area contributed by atoms with Crippen molar-refractivity contribution in [1.29, 1.82) is 0 Å². The monoisotopic (exact) mass is 735 g/mol. The average Bonchev–Trinajstić information content (AvgIpc) is 3.69. The Bertz CT molecular complexity index is 2150. The molecule has 53 heavy (non-hydrogen) atoms. The van der Waals surface area contributed by atoms with Gasteiger partial charge < -0.3 is 15.4 Å². The van der Waals surface area contributed by atoms with Crippen molar-refractivity contribution < 1.29 is 31.1 Å². The lowest BCUT2D eigenvalue weighted by molar-refractivity contribution is -0.137.